The number of amides is 1. The molecule has 0 radical (unpaired) electrons. The van der Waals surface area contributed by atoms with Crippen molar-refractivity contribution in [3.63, 3.8) is 0 Å². The molecule has 116 valence electrons. The van der Waals surface area contributed by atoms with Crippen LogP contribution in [-0.2, 0) is 4.79 Å². The van der Waals surface area contributed by atoms with Gasteiger partial charge in [0.2, 0.25) is 0 Å². The van der Waals surface area contributed by atoms with Crippen LogP contribution in [0.2, 0.25) is 0 Å². The third-order valence-electron chi connectivity index (χ3n) is 3.93. The van der Waals surface area contributed by atoms with Crippen molar-refractivity contribution in [2.75, 3.05) is 0 Å². The lowest BCUT2D eigenvalue weighted by molar-refractivity contribution is -0.115. The van der Waals surface area contributed by atoms with E-state index in [-0.39, 0.29) is 5.91 Å². The van der Waals surface area contributed by atoms with E-state index in [1.807, 2.05) is 49.4 Å². The van der Waals surface area contributed by atoms with Crippen molar-refractivity contribution < 1.29 is 4.79 Å². The van der Waals surface area contributed by atoms with Crippen molar-refractivity contribution in [3.8, 4) is 0 Å². The highest BCUT2D eigenvalue weighted by molar-refractivity contribution is 6.19. The van der Waals surface area contributed by atoms with Gasteiger partial charge in [0.1, 0.15) is 11.5 Å². The zero-order chi connectivity index (χ0) is 16.4. The second-order valence-electron chi connectivity index (χ2n) is 6.13. The largest absolute Gasteiger partial charge is 0.305 e. The number of hydrogen-bond donors (Lipinski definition) is 1. The first-order chi connectivity index (χ1) is 11.0. The molecule has 2 aromatic carbocycles. The molecule has 2 aromatic rings. The van der Waals surface area contributed by atoms with E-state index in [1.165, 1.54) is 11.1 Å². The molecule has 0 atom stereocenters. The first-order valence-corrected chi connectivity index (χ1v) is 7.81. The van der Waals surface area contributed by atoms with Crippen molar-refractivity contribution in [2.45, 2.75) is 26.7 Å². The van der Waals surface area contributed by atoms with Crippen molar-refractivity contribution in [1.29, 1.82) is 0 Å². The standard InChI is InChI=1S/C20H20N2O/c1-13(2)16-10-6-15(7-11-16)12-18-20(23)22-19(21-18)17-8-4-14(3)5-9-17/h4-13H,1-3H3,(H,21,22,23)/b18-12+. The van der Waals surface area contributed by atoms with Crippen LogP contribution >= 0.6 is 0 Å². The topological polar surface area (TPSA) is 41.5 Å². The monoisotopic (exact) mass is 304 g/mol. The molecule has 1 aliphatic rings. The Balaban J connectivity index is 1.87. The van der Waals surface area contributed by atoms with E-state index in [0.717, 1.165) is 11.1 Å². The van der Waals surface area contributed by atoms with Crippen LogP contribution in [-0.4, -0.2) is 11.7 Å². The summed E-state index contributed by atoms with van der Waals surface area (Å²) < 4.78 is 0. The van der Waals surface area contributed by atoms with Crippen LogP contribution in [0, 0.1) is 6.92 Å². The highest BCUT2D eigenvalue weighted by atomic mass is 16.2. The molecule has 0 aromatic heterocycles. The molecule has 0 saturated carbocycles. The van der Waals surface area contributed by atoms with Gasteiger partial charge in [0.25, 0.3) is 5.91 Å². The van der Waals surface area contributed by atoms with Crippen LogP contribution in [0.4, 0.5) is 0 Å². The molecule has 0 bridgehead atoms. The van der Waals surface area contributed by atoms with E-state index in [2.05, 4.69) is 36.3 Å². The molecule has 23 heavy (non-hydrogen) atoms. The van der Waals surface area contributed by atoms with E-state index in [0.29, 0.717) is 17.5 Å². The molecular weight excluding hydrogens is 284 g/mol. The summed E-state index contributed by atoms with van der Waals surface area (Å²) in [5.41, 5.74) is 4.81. The van der Waals surface area contributed by atoms with E-state index in [9.17, 15) is 4.79 Å². The number of hydrogen-bond acceptors (Lipinski definition) is 2. The lowest BCUT2D eigenvalue weighted by atomic mass is 10.0. The minimum Gasteiger partial charge on any atom is -0.305 e. The van der Waals surface area contributed by atoms with E-state index in [1.54, 1.807) is 0 Å². The Bertz CT molecular complexity index is 781. The van der Waals surface area contributed by atoms with Gasteiger partial charge >= 0.3 is 0 Å². The molecule has 0 aliphatic carbocycles. The van der Waals surface area contributed by atoms with Gasteiger partial charge in [0.05, 0.1) is 0 Å². The fraction of sp³-hybridized carbons (Fsp3) is 0.200. The first-order valence-electron chi connectivity index (χ1n) is 7.81. The second kappa shape index (κ2) is 6.21. The summed E-state index contributed by atoms with van der Waals surface area (Å²) in [5, 5.41) is 2.83. The summed E-state index contributed by atoms with van der Waals surface area (Å²) in [7, 11) is 0. The highest BCUT2D eigenvalue weighted by Gasteiger charge is 2.20. The Kier molecular flexibility index (Phi) is 4.11. The molecule has 1 amide bonds. The fourth-order valence-electron chi connectivity index (χ4n) is 2.45. The summed E-state index contributed by atoms with van der Waals surface area (Å²) >= 11 is 0. The number of aliphatic imine (C=N–C) groups is 1. The summed E-state index contributed by atoms with van der Waals surface area (Å²) in [6.07, 6.45) is 1.82. The number of nitrogens with one attached hydrogen (secondary N) is 1. The fourth-order valence-corrected chi connectivity index (χ4v) is 2.45. The third kappa shape index (κ3) is 3.39. The van der Waals surface area contributed by atoms with Crippen molar-refractivity contribution in [1.82, 2.24) is 5.32 Å². The van der Waals surface area contributed by atoms with Crippen molar-refractivity contribution in [2.24, 2.45) is 4.99 Å². The number of rotatable bonds is 3. The molecule has 0 spiro atoms. The van der Waals surface area contributed by atoms with Gasteiger partial charge in [0.15, 0.2) is 0 Å². The molecule has 3 rings (SSSR count). The summed E-state index contributed by atoms with van der Waals surface area (Å²) in [5.74, 6) is 0.950. The Morgan fingerprint density at radius 3 is 2.26 bits per heavy atom. The average molecular weight is 304 g/mol. The number of aryl methyl sites for hydroxylation is 1. The van der Waals surface area contributed by atoms with Gasteiger partial charge in [-0.2, -0.15) is 0 Å². The van der Waals surface area contributed by atoms with Crippen LogP contribution in [0.1, 0.15) is 42.0 Å². The van der Waals surface area contributed by atoms with Crippen molar-refractivity contribution in [3.05, 3.63) is 76.5 Å². The van der Waals surface area contributed by atoms with Crippen LogP contribution < -0.4 is 5.32 Å². The molecule has 3 heteroatoms. The molecule has 1 heterocycles. The van der Waals surface area contributed by atoms with Crippen LogP contribution in [0.3, 0.4) is 0 Å². The Hall–Kier alpha value is -2.68. The molecular formula is C20H20N2O. The van der Waals surface area contributed by atoms with Crippen LogP contribution in [0.25, 0.3) is 6.08 Å². The minimum absolute atomic E-state index is 0.159. The number of carbonyl (C=O) groups is 1. The SMILES string of the molecule is Cc1ccc(C2=N/C(=C/c3ccc(C(C)C)cc3)C(=O)N2)cc1. The third-order valence-corrected chi connectivity index (χ3v) is 3.93. The maximum atomic E-state index is 12.1. The second-order valence-corrected chi connectivity index (χ2v) is 6.13. The van der Waals surface area contributed by atoms with Gasteiger partial charge in [-0.15, -0.1) is 0 Å². The Morgan fingerprint density at radius 2 is 1.65 bits per heavy atom. The molecule has 0 saturated heterocycles. The highest BCUT2D eigenvalue weighted by Crippen LogP contribution is 2.18. The predicted molar refractivity (Wildman–Crippen MR) is 94.4 cm³/mol. The van der Waals surface area contributed by atoms with E-state index < -0.39 is 0 Å². The summed E-state index contributed by atoms with van der Waals surface area (Å²) in [4.78, 5) is 16.5. The maximum Gasteiger partial charge on any atom is 0.275 e. The zero-order valence-corrected chi connectivity index (χ0v) is 13.6. The van der Waals surface area contributed by atoms with Gasteiger partial charge in [-0.1, -0.05) is 67.9 Å². The molecule has 1 aliphatic heterocycles. The summed E-state index contributed by atoms with van der Waals surface area (Å²) in [6, 6.07) is 16.2. The lowest BCUT2D eigenvalue weighted by Crippen LogP contribution is -2.24. The van der Waals surface area contributed by atoms with Gasteiger partial charge < -0.3 is 5.32 Å². The first kappa shape index (κ1) is 15.2. The Labute approximate surface area is 136 Å². The van der Waals surface area contributed by atoms with Crippen molar-refractivity contribution >= 4 is 17.8 Å². The molecule has 0 unspecified atom stereocenters. The predicted octanol–water partition coefficient (Wildman–Crippen LogP) is 4.04. The van der Waals surface area contributed by atoms with Gasteiger partial charge in [-0.25, -0.2) is 4.99 Å². The van der Waals surface area contributed by atoms with Crippen LogP contribution in [0.5, 0.6) is 0 Å². The zero-order valence-electron chi connectivity index (χ0n) is 13.6. The van der Waals surface area contributed by atoms with Gasteiger partial charge in [0, 0.05) is 5.56 Å². The quantitative estimate of drug-likeness (QED) is 0.854. The Morgan fingerprint density at radius 1 is 1.00 bits per heavy atom. The van der Waals surface area contributed by atoms with E-state index >= 15 is 0 Å². The molecule has 3 nitrogen and oxygen atoms in total. The smallest absolute Gasteiger partial charge is 0.275 e. The number of amidine groups is 1. The van der Waals surface area contributed by atoms with Gasteiger partial charge in [-0.3, -0.25) is 4.79 Å². The minimum atomic E-state index is -0.159. The number of benzene rings is 2. The lowest BCUT2D eigenvalue weighted by Gasteiger charge is -2.04. The average Bonchev–Trinajstić information content (AvgIpc) is 2.89. The normalized spacial score (nSPS) is 15.9. The number of nitrogens with zero attached hydrogens (tertiary/aromatic N) is 1. The maximum absolute atomic E-state index is 12.1. The summed E-state index contributed by atoms with van der Waals surface area (Å²) in [6.45, 7) is 6.36. The van der Waals surface area contributed by atoms with Crippen LogP contribution in [0.15, 0.2) is 59.2 Å². The molecule has 0 fully saturated rings. The number of carbonyl (C=O) groups excluding carboxylic acids is 1. The van der Waals surface area contributed by atoms with Gasteiger partial charge in [-0.05, 0) is 30.0 Å². The van der Waals surface area contributed by atoms with E-state index in [4.69, 9.17) is 0 Å². The molecule has 1 N–H and O–H groups in total.